The van der Waals surface area contributed by atoms with Crippen LogP contribution >= 0.6 is 0 Å². The first-order valence-electron chi connectivity index (χ1n) is 5.45. The van der Waals surface area contributed by atoms with Crippen LogP contribution in [-0.2, 0) is 4.79 Å². The summed E-state index contributed by atoms with van der Waals surface area (Å²) in [6, 6.07) is 5.76. The zero-order chi connectivity index (χ0) is 13.7. The van der Waals surface area contributed by atoms with E-state index in [0.29, 0.717) is 5.69 Å². The van der Waals surface area contributed by atoms with Crippen LogP contribution in [0.1, 0.15) is 13.8 Å². The van der Waals surface area contributed by atoms with E-state index in [1.807, 2.05) is 0 Å². The number of hydrogen-bond acceptors (Lipinski definition) is 3. The quantitative estimate of drug-likeness (QED) is 0.824. The molecule has 0 spiro atoms. The van der Waals surface area contributed by atoms with Crippen molar-refractivity contribution in [3.05, 3.63) is 24.3 Å². The van der Waals surface area contributed by atoms with Crippen LogP contribution in [0.25, 0.3) is 0 Å². The third kappa shape index (κ3) is 3.87. The summed E-state index contributed by atoms with van der Waals surface area (Å²) in [4.78, 5) is 10.8. The van der Waals surface area contributed by atoms with Crippen LogP contribution in [0.3, 0.4) is 0 Å². The van der Waals surface area contributed by atoms with Crippen molar-refractivity contribution < 1.29 is 23.4 Å². The number of nitrogens with one attached hydrogen (secondary N) is 1. The topological polar surface area (TPSA) is 58.6 Å². The summed E-state index contributed by atoms with van der Waals surface area (Å²) < 4.78 is 28.7. The lowest BCUT2D eigenvalue weighted by atomic mass is 10.0. The molecule has 4 nitrogen and oxygen atoms in total. The fourth-order valence-electron chi connectivity index (χ4n) is 1.37. The maximum Gasteiger partial charge on any atom is 0.387 e. The monoisotopic (exact) mass is 259 g/mol. The molecule has 2 N–H and O–H groups in total. The van der Waals surface area contributed by atoms with Gasteiger partial charge in [0.15, 0.2) is 0 Å². The van der Waals surface area contributed by atoms with E-state index >= 15 is 0 Å². The molecule has 0 saturated heterocycles. The SMILES string of the molecule is CC(Nc1ccccc1OC(F)F)C(C)C(=O)O. The van der Waals surface area contributed by atoms with E-state index in [-0.39, 0.29) is 5.75 Å². The Morgan fingerprint density at radius 1 is 1.33 bits per heavy atom. The van der Waals surface area contributed by atoms with Crippen LogP contribution in [0.2, 0.25) is 0 Å². The number of carboxylic acids is 1. The van der Waals surface area contributed by atoms with Gasteiger partial charge in [0.25, 0.3) is 0 Å². The molecule has 1 aromatic carbocycles. The first kappa shape index (κ1) is 14.2. The molecular formula is C12H15F2NO3. The van der Waals surface area contributed by atoms with Gasteiger partial charge in [-0.2, -0.15) is 8.78 Å². The predicted octanol–water partition coefficient (Wildman–Crippen LogP) is 2.81. The molecule has 1 aromatic rings. The van der Waals surface area contributed by atoms with Crippen molar-refractivity contribution in [2.24, 2.45) is 5.92 Å². The molecule has 0 bridgehead atoms. The molecule has 0 aliphatic heterocycles. The minimum Gasteiger partial charge on any atom is -0.481 e. The van der Waals surface area contributed by atoms with Crippen LogP contribution < -0.4 is 10.1 Å². The number of rotatable bonds is 6. The summed E-state index contributed by atoms with van der Waals surface area (Å²) in [5, 5.41) is 11.7. The van der Waals surface area contributed by atoms with Crippen molar-refractivity contribution in [1.82, 2.24) is 0 Å². The van der Waals surface area contributed by atoms with Gasteiger partial charge in [0.2, 0.25) is 0 Å². The highest BCUT2D eigenvalue weighted by Crippen LogP contribution is 2.27. The van der Waals surface area contributed by atoms with Gasteiger partial charge >= 0.3 is 12.6 Å². The molecule has 0 radical (unpaired) electrons. The highest BCUT2D eigenvalue weighted by atomic mass is 19.3. The minimum absolute atomic E-state index is 0.00283. The molecule has 0 fully saturated rings. The van der Waals surface area contributed by atoms with Crippen LogP contribution in [0, 0.1) is 5.92 Å². The van der Waals surface area contributed by atoms with Crippen molar-refractivity contribution >= 4 is 11.7 Å². The third-order valence-corrected chi connectivity index (χ3v) is 2.63. The number of alkyl halides is 2. The number of benzene rings is 1. The number of halogens is 2. The van der Waals surface area contributed by atoms with E-state index in [0.717, 1.165) is 0 Å². The molecule has 2 unspecified atom stereocenters. The normalized spacial score (nSPS) is 14.1. The molecule has 2 atom stereocenters. The van der Waals surface area contributed by atoms with Crippen molar-refractivity contribution in [3.63, 3.8) is 0 Å². The lowest BCUT2D eigenvalue weighted by molar-refractivity contribution is -0.141. The molecule has 0 heterocycles. The molecule has 6 heteroatoms. The molecule has 0 aliphatic rings. The van der Waals surface area contributed by atoms with Gasteiger partial charge in [-0.05, 0) is 26.0 Å². The number of aliphatic carboxylic acids is 1. The van der Waals surface area contributed by atoms with Crippen LogP contribution in [0.15, 0.2) is 24.3 Å². The number of carbonyl (C=O) groups is 1. The van der Waals surface area contributed by atoms with E-state index in [9.17, 15) is 13.6 Å². The Labute approximate surface area is 104 Å². The Morgan fingerprint density at radius 3 is 2.50 bits per heavy atom. The van der Waals surface area contributed by atoms with Crippen LogP contribution in [0.4, 0.5) is 14.5 Å². The molecule has 0 amide bonds. The summed E-state index contributed by atoms with van der Waals surface area (Å²) in [6.45, 7) is 0.286. The summed E-state index contributed by atoms with van der Waals surface area (Å²) in [7, 11) is 0. The Hall–Kier alpha value is -1.85. The number of ether oxygens (including phenoxy) is 1. The van der Waals surface area contributed by atoms with E-state index in [4.69, 9.17) is 5.11 Å². The smallest absolute Gasteiger partial charge is 0.387 e. The lowest BCUT2D eigenvalue weighted by Crippen LogP contribution is -2.29. The summed E-state index contributed by atoms with van der Waals surface area (Å²) in [5.74, 6) is -1.61. The fraction of sp³-hybridized carbons (Fsp3) is 0.417. The Kier molecular flexibility index (Phi) is 4.88. The van der Waals surface area contributed by atoms with Gasteiger partial charge in [-0.15, -0.1) is 0 Å². The molecule has 0 saturated carbocycles. The first-order valence-corrected chi connectivity index (χ1v) is 5.45. The highest BCUT2D eigenvalue weighted by Gasteiger charge is 2.20. The van der Waals surface area contributed by atoms with Gasteiger partial charge in [-0.3, -0.25) is 4.79 Å². The number of anilines is 1. The number of para-hydroxylation sites is 2. The minimum atomic E-state index is -2.92. The standard InChI is InChI=1S/C12H15F2NO3/c1-7(11(16)17)8(2)15-9-5-3-4-6-10(9)18-12(13)14/h3-8,12,15H,1-2H3,(H,16,17). The zero-order valence-corrected chi connectivity index (χ0v) is 10.1. The van der Waals surface area contributed by atoms with Gasteiger partial charge in [0, 0.05) is 6.04 Å². The van der Waals surface area contributed by atoms with Gasteiger partial charge in [-0.1, -0.05) is 12.1 Å². The van der Waals surface area contributed by atoms with Gasteiger partial charge in [0.1, 0.15) is 5.75 Å². The molecule has 1 rings (SSSR count). The first-order chi connectivity index (χ1) is 8.41. The Balaban J connectivity index is 2.80. The van der Waals surface area contributed by atoms with Crippen LogP contribution in [0.5, 0.6) is 5.75 Å². The number of carboxylic acid groups (broad SMARTS) is 1. The summed E-state index contributed by atoms with van der Waals surface area (Å²) in [6.07, 6.45) is 0. The largest absolute Gasteiger partial charge is 0.481 e. The van der Waals surface area contributed by atoms with Gasteiger partial charge in [-0.25, -0.2) is 0 Å². The second kappa shape index (κ2) is 6.18. The lowest BCUT2D eigenvalue weighted by Gasteiger charge is -2.20. The van der Waals surface area contributed by atoms with Crippen molar-refractivity contribution in [3.8, 4) is 5.75 Å². The second-order valence-corrected chi connectivity index (χ2v) is 3.93. The van der Waals surface area contributed by atoms with E-state index in [1.54, 1.807) is 25.1 Å². The third-order valence-electron chi connectivity index (χ3n) is 2.63. The van der Waals surface area contributed by atoms with Crippen molar-refractivity contribution in [2.75, 3.05) is 5.32 Å². The van der Waals surface area contributed by atoms with E-state index < -0.39 is 24.5 Å². The van der Waals surface area contributed by atoms with E-state index in [1.165, 1.54) is 13.0 Å². The highest BCUT2D eigenvalue weighted by molar-refractivity contribution is 5.71. The van der Waals surface area contributed by atoms with Gasteiger partial charge in [0.05, 0.1) is 11.6 Å². The fourth-order valence-corrected chi connectivity index (χ4v) is 1.37. The maximum atomic E-state index is 12.2. The molecule has 0 aromatic heterocycles. The average Bonchev–Trinajstić information content (AvgIpc) is 2.29. The molecular weight excluding hydrogens is 244 g/mol. The van der Waals surface area contributed by atoms with Crippen molar-refractivity contribution in [2.45, 2.75) is 26.5 Å². The van der Waals surface area contributed by atoms with Crippen LogP contribution in [-0.4, -0.2) is 23.7 Å². The number of hydrogen-bond donors (Lipinski definition) is 2. The van der Waals surface area contributed by atoms with Crippen molar-refractivity contribution in [1.29, 1.82) is 0 Å². The second-order valence-electron chi connectivity index (χ2n) is 3.93. The molecule has 0 aliphatic carbocycles. The maximum absolute atomic E-state index is 12.2. The average molecular weight is 259 g/mol. The van der Waals surface area contributed by atoms with E-state index in [2.05, 4.69) is 10.1 Å². The molecule has 18 heavy (non-hydrogen) atoms. The Bertz CT molecular complexity index is 412. The van der Waals surface area contributed by atoms with Gasteiger partial charge < -0.3 is 15.2 Å². The predicted molar refractivity (Wildman–Crippen MR) is 63.0 cm³/mol. The Morgan fingerprint density at radius 2 is 1.94 bits per heavy atom. The zero-order valence-electron chi connectivity index (χ0n) is 10.1. The summed E-state index contributed by atoms with van der Waals surface area (Å²) >= 11 is 0. The summed E-state index contributed by atoms with van der Waals surface area (Å²) in [5.41, 5.74) is 0.346. The molecule has 100 valence electrons.